The van der Waals surface area contributed by atoms with Crippen LogP contribution in [-0.4, -0.2) is 23.3 Å². The Morgan fingerprint density at radius 3 is 2.48 bits per heavy atom. The van der Waals surface area contributed by atoms with Gasteiger partial charge in [-0.05, 0) is 50.2 Å². The molecule has 2 aromatic carbocycles. The number of halogens is 1. The summed E-state index contributed by atoms with van der Waals surface area (Å²) < 4.78 is 27.2. The Hall–Kier alpha value is -2.66. The minimum Gasteiger partial charge on any atom is -0.497 e. The zero-order valence-corrected chi connectivity index (χ0v) is 14.6. The molecule has 1 unspecified atom stereocenters. The van der Waals surface area contributed by atoms with Crippen LogP contribution in [-0.2, 0) is 4.74 Å². The van der Waals surface area contributed by atoms with Crippen LogP contribution in [0.4, 0.5) is 4.39 Å². The Bertz CT molecular complexity index is 843. The molecule has 0 aliphatic carbocycles. The predicted octanol–water partition coefficient (Wildman–Crippen LogP) is 4.92. The van der Waals surface area contributed by atoms with E-state index < -0.39 is 0 Å². The first-order chi connectivity index (χ1) is 12.2. The van der Waals surface area contributed by atoms with Gasteiger partial charge in [0.1, 0.15) is 17.8 Å². The fourth-order valence-electron chi connectivity index (χ4n) is 2.84. The molecule has 25 heavy (non-hydrogen) atoms. The van der Waals surface area contributed by atoms with Crippen LogP contribution < -0.4 is 4.74 Å². The Labute approximate surface area is 146 Å². The molecule has 1 atom stereocenters. The first-order valence-corrected chi connectivity index (χ1v) is 8.23. The lowest BCUT2D eigenvalue weighted by Gasteiger charge is -2.18. The lowest BCUT2D eigenvalue weighted by atomic mass is 10.0. The highest BCUT2D eigenvalue weighted by molar-refractivity contribution is 5.79. The van der Waals surface area contributed by atoms with Crippen LogP contribution in [0.25, 0.3) is 22.5 Å². The number of ether oxygens (including phenoxy) is 2. The Kier molecular flexibility index (Phi) is 5.14. The first kappa shape index (κ1) is 17.2. The number of hydrogen-bond donors (Lipinski definition) is 0. The summed E-state index contributed by atoms with van der Waals surface area (Å²) >= 11 is 0. The van der Waals surface area contributed by atoms with E-state index in [9.17, 15) is 4.39 Å². The van der Waals surface area contributed by atoms with Gasteiger partial charge in [-0.2, -0.15) is 0 Å². The van der Waals surface area contributed by atoms with Gasteiger partial charge in [0, 0.05) is 17.7 Å². The maximum Gasteiger partial charge on any atom is 0.132 e. The minimum absolute atomic E-state index is 0.213. The summed E-state index contributed by atoms with van der Waals surface area (Å²) in [5, 5.41) is 0. The minimum atomic E-state index is -0.299. The molecule has 1 aromatic heterocycles. The smallest absolute Gasteiger partial charge is 0.132 e. The van der Waals surface area contributed by atoms with Crippen LogP contribution in [0.5, 0.6) is 5.75 Å². The van der Waals surface area contributed by atoms with Gasteiger partial charge in [0.25, 0.3) is 0 Å². The first-order valence-electron chi connectivity index (χ1n) is 8.23. The molecule has 1 heterocycles. The standard InChI is InChI=1S/C20H21FN2O2/c1-4-25-14(2)23-13-22-19(17-7-5-6-8-18(17)21)20(23)15-9-11-16(24-3)12-10-15/h5-14H,4H2,1-3H3. The molecule has 0 aliphatic rings. The van der Waals surface area contributed by atoms with Crippen molar-refractivity contribution in [2.75, 3.05) is 13.7 Å². The fourth-order valence-corrected chi connectivity index (χ4v) is 2.84. The van der Waals surface area contributed by atoms with E-state index in [1.165, 1.54) is 6.07 Å². The molecule has 0 fully saturated rings. The average molecular weight is 340 g/mol. The summed E-state index contributed by atoms with van der Waals surface area (Å²) in [5.74, 6) is 0.465. The molecule has 0 amide bonds. The number of imidazole rings is 1. The van der Waals surface area contributed by atoms with Gasteiger partial charge in [0.15, 0.2) is 0 Å². The Morgan fingerprint density at radius 1 is 1.12 bits per heavy atom. The third kappa shape index (κ3) is 3.42. The Morgan fingerprint density at radius 2 is 1.84 bits per heavy atom. The number of nitrogens with zero attached hydrogens (tertiary/aromatic N) is 2. The highest BCUT2D eigenvalue weighted by Crippen LogP contribution is 2.35. The van der Waals surface area contributed by atoms with Crippen molar-refractivity contribution in [2.24, 2.45) is 0 Å². The van der Waals surface area contributed by atoms with E-state index in [1.54, 1.807) is 31.6 Å². The normalized spacial score (nSPS) is 12.2. The Balaban J connectivity index is 2.17. The molecule has 0 spiro atoms. The fraction of sp³-hybridized carbons (Fsp3) is 0.250. The molecular formula is C20H21FN2O2. The average Bonchev–Trinajstić information content (AvgIpc) is 3.07. The van der Waals surface area contributed by atoms with Crippen LogP contribution in [0, 0.1) is 5.82 Å². The highest BCUT2D eigenvalue weighted by atomic mass is 19.1. The second-order valence-electron chi connectivity index (χ2n) is 5.61. The molecular weight excluding hydrogens is 319 g/mol. The van der Waals surface area contributed by atoms with Crippen molar-refractivity contribution in [2.45, 2.75) is 20.1 Å². The molecule has 3 rings (SSSR count). The highest BCUT2D eigenvalue weighted by Gasteiger charge is 2.20. The molecule has 0 saturated heterocycles. The zero-order chi connectivity index (χ0) is 17.8. The molecule has 4 nitrogen and oxygen atoms in total. The second-order valence-corrected chi connectivity index (χ2v) is 5.61. The van der Waals surface area contributed by atoms with Crippen LogP contribution in [0.2, 0.25) is 0 Å². The number of methoxy groups -OCH3 is 1. The van der Waals surface area contributed by atoms with Crippen LogP contribution >= 0.6 is 0 Å². The van der Waals surface area contributed by atoms with E-state index in [1.807, 2.05) is 42.7 Å². The van der Waals surface area contributed by atoms with E-state index >= 15 is 0 Å². The van der Waals surface area contributed by atoms with Crippen molar-refractivity contribution in [3.05, 3.63) is 60.7 Å². The van der Waals surface area contributed by atoms with Gasteiger partial charge in [-0.15, -0.1) is 0 Å². The van der Waals surface area contributed by atoms with Gasteiger partial charge in [-0.3, -0.25) is 0 Å². The maximum atomic E-state index is 14.3. The van der Waals surface area contributed by atoms with Crippen molar-refractivity contribution in [1.82, 2.24) is 9.55 Å². The molecule has 0 radical (unpaired) electrons. The SMILES string of the molecule is CCOC(C)n1cnc(-c2ccccc2F)c1-c1ccc(OC)cc1. The summed E-state index contributed by atoms with van der Waals surface area (Å²) in [5.41, 5.74) is 2.79. The molecule has 0 aliphatic heterocycles. The quantitative estimate of drug-likeness (QED) is 0.639. The van der Waals surface area contributed by atoms with Crippen LogP contribution in [0.1, 0.15) is 20.1 Å². The molecule has 0 bridgehead atoms. The summed E-state index contributed by atoms with van der Waals surface area (Å²) in [6.07, 6.45) is 1.48. The second kappa shape index (κ2) is 7.49. The van der Waals surface area contributed by atoms with E-state index in [0.717, 1.165) is 17.0 Å². The van der Waals surface area contributed by atoms with Crippen molar-refractivity contribution < 1.29 is 13.9 Å². The number of hydrogen-bond acceptors (Lipinski definition) is 3. The van der Waals surface area contributed by atoms with Gasteiger partial charge < -0.3 is 14.0 Å². The molecule has 0 N–H and O–H groups in total. The number of aromatic nitrogens is 2. The van der Waals surface area contributed by atoms with Gasteiger partial charge in [0.05, 0.1) is 24.8 Å². The molecule has 5 heteroatoms. The summed E-state index contributed by atoms with van der Waals surface area (Å²) in [7, 11) is 1.63. The molecule has 130 valence electrons. The van der Waals surface area contributed by atoms with Gasteiger partial charge >= 0.3 is 0 Å². The van der Waals surface area contributed by atoms with E-state index in [2.05, 4.69) is 4.98 Å². The van der Waals surface area contributed by atoms with E-state index in [-0.39, 0.29) is 12.0 Å². The number of rotatable bonds is 6. The summed E-state index contributed by atoms with van der Waals surface area (Å²) in [4.78, 5) is 4.48. The van der Waals surface area contributed by atoms with Crippen molar-refractivity contribution in [1.29, 1.82) is 0 Å². The van der Waals surface area contributed by atoms with Crippen molar-refractivity contribution in [3.8, 4) is 28.3 Å². The largest absolute Gasteiger partial charge is 0.497 e. The van der Waals surface area contributed by atoms with Crippen LogP contribution in [0.3, 0.4) is 0 Å². The summed E-state index contributed by atoms with van der Waals surface area (Å²) in [6.45, 7) is 4.47. The van der Waals surface area contributed by atoms with Gasteiger partial charge in [0.2, 0.25) is 0 Å². The molecule has 3 aromatic rings. The lowest BCUT2D eigenvalue weighted by Crippen LogP contribution is -2.09. The maximum absolute atomic E-state index is 14.3. The van der Waals surface area contributed by atoms with Gasteiger partial charge in [-0.1, -0.05) is 12.1 Å². The number of benzene rings is 2. The summed E-state index contributed by atoms with van der Waals surface area (Å²) in [6, 6.07) is 14.3. The van der Waals surface area contributed by atoms with Crippen molar-refractivity contribution in [3.63, 3.8) is 0 Å². The monoisotopic (exact) mass is 340 g/mol. The topological polar surface area (TPSA) is 36.3 Å². The van der Waals surface area contributed by atoms with E-state index in [4.69, 9.17) is 9.47 Å². The third-order valence-corrected chi connectivity index (χ3v) is 4.09. The third-order valence-electron chi connectivity index (χ3n) is 4.09. The van der Waals surface area contributed by atoms with Crippen LogP contribution in [0.15, 0.2) is 54.9 Å². The molecule has 0 saturated carbocycles. The van der Waals surface area contributed by atoms with E-state index in [0.29, 0.717) is 17.9 Å². The van der Waals surface area contributed by atoms with Gasteiger partial charge in [-0.25, -0.2) is 9.37 Å². The predicted molar refractivity (Wildman–Crippen MR) is 95.9 cm³/mol. The van der Waals surface area contributed by atoms with Crippen molar-refractivity contribution >= 4 is 0 Å². The lowest BCUT2D eigenvalue weighted by molar-refractivity contribution is 0.0259. The zero-order valence-electron chi connectivity index (χ0n) is 14.6.